The first kappa shape index (κ1) is 20.4. The van der Waals surface area contributed by atoms with Crippen LogP contribution in [-0.4, -0.2) is 50.9 Å². The second-order valence-corrected chi connectivity index (χ2v) is 8.23. The van der Waals surface area contributed by atoms with Gasteiger partial charge in [0.2, 0.25) is 0 Å². The van der Waals surface area contributed by atoms with Crippen LogP contribution in [0, 0.1) is 5.92 Å². The Morgan fingerprint density at radius 1 is 1.00 bits per heavy atom. The van der Waals surface area contributed by atoms with Crippen LogP contribution in [0.1, 0.15) is 17.3 Å². The number of aliphatic carboxylic acids is 1. The standard InChI is InChI=1S/C19H22N2O5S/c1-14(19(23)24)13-20(2)18(22)15-9-11-17(12-10-15)27(25,26)21(3)16-7-5-4-6-8-16/h4-12,14H,13H2,1-3H3,(H,23,24). The van der Waals surface area contributed by atoms with Crippen LogP contribution < -0.4 is 4.31 Å². The van der Waals surface area contributed by atoms with Crippen LogP contribution in [0.25, 0.3) is 0 Å². The van der Waals surface area contributed by atoms with Crippen molar-refractivity contribution in [3.8, 4) is 0 Å². The molecule has 0 aromatic heterocycles. The summed E-state index contributed by atoms with van der Waals surface area (Å²) < 4.78 is 26.6. The fourth-order valence-electron chi connectivity index (χ4n) is 2.50. The molecule has 0 saturated heterocycles. The number of para-hydroxylation sites is 1. The van der Waals surface area contributed by atoms with Crippen molar-refractivity contribution in [2.75, 3.05) is 24.9 Å². The largest absolute Gasteiger partial charge is 0.481 e. The summed E-state index contributed by atoms with van der Waals surface area (Å²) in [6.07, 6.45) is 0. The van der Waals surface area contributed by atoms with E-state index in [1.165, 1.54) is 54.5 Å². The highest BCUT2D eigenvalue weighted by Crippen LogP contribution is 2.22. The molecule has 0 spiro atoms. The van der Waals surface area contributed by atoms with E-state index in [0.717, 1.165) is 0 Å². The third-order valence-corrected chi connectivity index (χ3v) is 6.00. The average Bonchev–Trinajstić information content (AvgIpc) is 2.67. The number of rotatable bonds is 7. The molecule has 0 aliphatic carbocycles. The Balaban J connectivity index is 2.19. The molecule has 144 valence electrons. The van der Waals surface area contributed by atoms with Gasteiger partial charge in [0, 0.05) is 26.2 Å². The molecule has 0 bridgehead atoms. The molecule has 27 heavy (non-hydrogen) atoms. The molecule has 0 fully saturated rings. The van der Waals surface area contributed by atoms with E-state index in [2.05, 4.69) is 0 Å². The maximum Gasteiger partial charge on any atom is 0.308 e. The third kappa shape index (κ3) is 4.65. The number of carboxylic acid groups (broad SMARTS) is 1. The van der Waals surface area contributed by atoms with E-state index in [1.54, 1.807) is 30.3 Å². The highest BCUT2D eigenvalue weighted by molar-refractivity contribution is 7.92. The SMILES string of the molecule is CC(CN(C)C(=O)c1ccc(S(=O)(=O)N(C)c2ccccc2)cc1)C(=O)O. The summed E-state index contributed by atoms with van der Waals surface area (Å²) in [5, 5.41) is 8.95. The molecule has 0 saturated carbocycles. The van der Waals surface area contributed by atoms with E-state index in [1.807, 2.05) is 0 Å². The summed E-state index contributed by atoms with van der Waals surface area (Å²) in [6, 6.07) is 14.3. The Morgan fingerprint density at radius 2 is 1.56 bits per heavy atom. The summed E-state index contributed by atoms with van der Waals surface area (Å²) in [5.74, 6) is -2.05. The first-order valence-electron chi connectivity index (χ1n) is 8.27. The molecule has 2 aromatic rings. The number of hydrogen-bond donors (Lipinski definition) is 1. The van der Waals surface area contributed by atoms with Crippen LogP contribution in [0.15, 0.2) is 59.5 Å². The summed E-state index contributed by atoms with van der Waals surface area (Å²) in [4.78, 5) is 24.7. The molecule has 0 heterocycles. The number of hydrogen-bond acceptors (Lipinski definition) is 4. The molecule has 1 atom stereocenters. The summed E-state index contributed by atoms with van der Waals surface area (Å²) in [7, 11) is -0.782. The number of benzene rings is 2. The smallest absolute Gasteiger partial charge is 0.308 e. The van der Waals surface area contributed by atoms with Gasteiger partial charge >= 0.3 is 5.97 Å². The number of carbonyl (C=O) groups excluding carboxylic acids is 1. The Kier molecular flexibility index (Phi) is 6.22. The fourth-order valence-corrected chi connectivity index (χ4v) is 3.69. The van der Waals surface area contributed by atoms with Crippen LogP contribution in [0.5, 0.6) is 0 Å². The quantitative estimate of drug-likeness (QED) is 0.783. The summed E-state index contributed by atoms with van der Waals surface area (Å²) >= 11 is 0. The minimum absolute atomic E-state index is 0.0605. The number of nitrogens with zero attached hydrogens (tertiary/aromatic N) is 2. The van der Waals surface area contributed by atoms with Crippen molar-refractivity contribution in [1.29, 1.82) is 0 Å². The second-order valence-electron chi connectivity index (χ2n) is 6.26. The van der Waals surface area contributed by atoms with Crippen molar-refractivity contribution in [1.82, 2.24) is 4.90 Å². The van der Waals surface area contributed by atoms with Gasteiger partial charge in [-0.15, -0.1) is 0 Å². The van der Waals surface area contributed by atoms with Crippen molar-refractivity contribution in [2.24, 2.45) is 5.92 Å². The van der Waals surface area contributed by atoms with Crippen molar-refractivity contribution >= 4 is 27.6 Å². The van der Waals surface area contributed by atoms with Gasteiger partial charge in [-0.3, -0.25) is 13.9 Å². The van der Waals surface area contributed by atoms with E-state index in [-0.39, 0.29) is 22.9 Å². The van der Waals surface area contributed by atoms with E-state index in [4.69, 9.17) is 5.11 Å². The van der Waals surface area contributed by atoms with Gasteiger partial charge in [0.15, 0.2) is 0 Å². The number of carboxylic acids is 1. The van der Waals surface area contributed by atoms with Gasteiger partial charge in [-0.05, 0) is 36.4 Å². The van der Waals surface area contributed by atoms with E-state index in [0.29, 0.717) is 5.69 Å². The van der Waals surface area contributed by atoms with Crippen LogP contribution in [0.3, 0.4) is 0 Å². The lowest BCUT2D eigenvalue weighted by Crippen LogP contribution is -2.33. The van der Waals surface area contributed by atoms with Crippen molar-refractivity contribution < 1.29 is 23.1 Å². The minimum Gasteiger partial charge on any atom is -0.481 e. The van der Waals surface area contributed by atoms with Crippen LogP contribution >= 0.6 is 0 Å². The van der Waals surface area contributed by atoms with E-state index >= 15 is 0 Å². The average molecular weight is 390 g/mol. The van der Waals surface area contributed by atoms with Gasteiger partial charge in [0.25, 0.3) is 15.9 Å². The normalized spacial score (nSPS) is 12.3. The lowest BCUT2D eigenvalue weighted by atomic mass is 10.1. The number of anilines is 1. The number of amides is 1. The van der Waals surface area contributed by atoms with Gasteiger partial charge < -0.3 is 10.0 Å². The molecule has 1 amide bonds. The maximum absolute atomic E-state index is 12.7. The zero-order chi connectivity index (χ0) is 20.2. The predicted octanol–water partition coefficient (Wildman–Crippen LogP) is 2.30. The molecular weight excluding hydrogens is 368 g/mol. The van der Waals surface area contributed by atoms with E-state index < -0.39 is 21.9 Å². The zero-order valence-electron chi connectivity index (χ0n) is 15.4. The van der Waals surface area contributed by atoms with E-state index in [9.17, 15) is 18.0 Å². The minimum atomic E-state index is -3.75. The van der Waals surface area contributed by atoms with Gasteiger partial charge in [0.05, 0.1) is 16.5 Å². The Morgan fingerprint density at radius 3 is 2.07 bits per heavy atom. The van der Waals surface area contributed by atoms with Crippen molar-refractivity contribution in [3.63, 3.8) is 0 Å². The monoisotopic (exact) mass is 390 g/mol. The van der Waals surface area contributed by atoms with Crippen molar-refractivity contribution in [3.05, 3.63) is 60.2 Å². The topological polar surface area (TPSA) is 95.0 Å². The molecule has 0 aliphatic rings. The second kappa shape index (κ2) is 8.22. The van der Waals surface area contributed by atoms with Crippen LogP contribution in [0.4, 0.5) is 5.69 Å². The predicted molar refractivity (Wildman–Crippen MR) is 102 cm³/mol. The van der Waals surface area contributed by atoms with Gasteiger partial charge in [-0.1, -0.05) is 25.1 Å². The molecule has 2 rings (SSSR count). The molecule has 0 radical (unpaired) electrons. The fraction of sp³-hybridized carbons (Fsp3) is 0.263. The van der Waals surface area contributed by atoms with Gasteiger partial charge in [-0.2, -0.15) is 0 Å². The zero-order valence-corrected chi connectivity index (χ0v) is 16.2. The van der Waals surface area contributed by atoms with Crippen LogP contribution in [-0.2, 0) is 14.8 Å². The highest BCUT2D eigenvalue weighted by atomic mass is 32.2. The van der Waals surface area contributed by atoms with Gasteiger partial charge in [0.1, 0.15) is 0 Å². The third-order valence-electron chi connectivity index (χ3n) is 4.20. The Hall–Kier alpha value is -2.87. The molecule has 0 aliphatic heterocycles. The van der Waals surface area contributed by atoms with Gasteiger partial charge in [-0.25, -0.2) is 8.42 Å². The lowest BCUT2D eigenvalue weighted by molar-refractivity contribution is -0.141. The first-order valence-corrected chi connectivity index (χ1v) is 9.71. The Bertz CT molecular complexity index is 911. The molecule has 8 heteroatoms. The first-order chi connectivity index (χ1) is 12.6. The number of carbonyl (C=O) groups is 2. The molecule has 1 N–H and O–H groups in total. The summed E-state index contributed by atoms with van der Waals surface area (Å²) in [6.45, 7) is 1.58. The maximum atomic E-state index is 12.7. The Labute approximate surface area is 158 Å². The van der Waals surface area contributed by atoms with Crippen molar-refractivity contribution in [2.45, 2.75) is 11.8 Å². The molecular formula is C19H22N2O5S. The molecule has 2 aromatic carbocycles. The van der Waals surface area contributed by atoms with Crippen LogP contribution in [0.2, 0.25) is 0 Å². The number of sulfonamides is 1. The summed E-state index contributed by atoms with van der Waals surface area (Å²) in [5.41, 5.74) is 0.816. The molecule has 1 unspecified atom stereocenters. The lowest BCUT2D eigenvalue weighted by Gasteiger charge is -2.21. The molecule has 7 nitrogen and oxygen atoms in total. The highest BCUT2D eigenvalue weighted by Gasteiger charge is 2.23.